The van der Waals surface area contributed by atoms with E-state index in [1.54, 1.807) is 23.5 Å². The number of hydrogen-bond donors (Lipinski definition) is 1. The Hall–Kier alpha value is -1.85. The highest BCUT2D eigenvalue weighted by molar-refractivity contribution is 7.09. The summed E-state index contributed by atoms with van der Waals surface area (Å²) in [7, 11) is 0. The summed E-state index contributed by atoms with van der Waals surface area (Å²) >= 11 is 7.48. The van der Waals surface area contributed by atoms with Gasteiger partial charge in [-0.3, -0.25) is 9.59 Å². The van der Waals surface area contributed by atoms with Crippen LogP contribution in [0.3, 0.4) is 0 Å². The van der Waals surface area contributed by atoms with Crippen molar-refractivity contribution in [2.75, 3.05) is 11.9 Å². The number of carbonyl (C=O) groups excluding carboxylic acids is 2. The molecule has 1 heterocycles. The summed E-state index contributed by atoms with van der Waals surface area (Å²) in [6, 6.07) is 9.12. The molecule has 0 radical (unpaired) electrons. The third-order valence-corrected chi connectivity index (χ3v) is 4.16. The van der Waals surface area contributed by atoms with Gasteiger partial charge >= 0.3 is 5.97 Å². The van der Waals surface area contributed by atoms with Crippen LogP contribution in [0, 0.1) is 6.92 Å². The van der Waals surface area contributed by atoms with Gasteiger partial charge < -0.3 is 10.1 Å². The van der Waals surface area contributed by atoms with E-state index < -0.39 is 0 Å². The number of rotatable bonds is 6. The Balaban J connectivity index is 1.75. The largest absolute Gasteiger partial charge is 0.456 e. The number of carbonyl (C=O) groups is 2. The lowest BCUT2D eigenvalue weighted by Crippen LogP contribution is -2.21. The van der Waals surface area contributed by atoms with Crippen molar-refractivity contribution in [3.8, 4) is 0 Å². The molecule has 0 fully saturated rings. The maximum absolute atomic E-state index is 11.8. The lowest BCUT2D eigenvalue weighted by Gasteiger charge is -2.09. The predicted octanol–water partition coefficient (Wildman–Crippen LogP) is 3.82. The zero-order chi connectivity index (χ0) is 15.9. The fourth-order valence-electron chi connectivity index (χ4n) is 1.81. The Morgan fingerprint density at radius 1 is 1.32 bits per heavy atom. The van der Waals surface area contributed by atoms with Gasteiger partial charge in [0.2, 0.25) is 0 Å². The molecule has 1 N–H and O–H groups in total. The van der Waals surface area contributed by atoms with Gasteiger partial charge in [0.05, 0.1) is 6.42 Å². The first-order valence-corrected chi connectivity index (χ1v) is 8.04. The van der Waals surface area contributed by atoms with Gasteiger partial charge in [-0.15, -0.1) is 11.3 Å². The summed E-state index contributed by atoms with van der Waals surface area (Å²) in [5, 5.41) is 5.17. The summed E-state index contributed by atoms with van der Waals surface area (Å²) in [6.07, 6.45) is 0.898. The average molecular weight is 338 g/mol. The van der Waals surface area contributed by atoms with Crippen molar-refractivity contribution in [3.63, 3.8) is 0 Å². The molecule has 0 aliphatic heterocycles. The maximum Gasteiger partial charge on any atom is 0.306 e. The lowest BCUT2D eigenvalue weighted by atomic mass is 10.2. The van der Waals surface area contributed by atoms with Crippen molar-refractivity contribution < 1.29 is 14.3 Å². The van der Waals surface area contributed by atoms with Gasteiger partial charge in [-0.25, -0.2) is 0 Å². The van der Waals surface area contributed by atoms with E-state index in [-0.39, 0.29) is 24.9 Å². The van der Waals surface area contributed by atoms with Crippen LogP contribution < -0.4 is 5.32 Å². The smallest absolute Gasteiger partial charge is 0.306 e. The molecule has 22 heavy (non-hydrogen) atoms. The topological polar surface area (TPSA) is 55.4 Å². The minimum Gasteiger partial charge on any atom is -0.456 e. The predicted molar refractivity (Wildman–Crippen MR) is 88.4 cm³/mol. The van der Waals surface area contributed by atoms with Gasteiger partial charge in [0.1, 0.15) is 0 Å². The first-order chi connectivity index (χ1) is 10.5. The normalized spacial score (nSPS) is 10.3. The highest BCUT2D eigenvalue weighted by atomic mass is 35.5. The van der Waals surface area contributed by atoms with E-state index in [0.717, 1.165) is 10.4 Å². The second kappa shape index (κ2) is 7.96. The molecule has 1 aromatic carbocycles. The molecule has 0 aliphatic rings. The number of aryl methyl sites for hydroxylation is 2. The Kier molecular flexibility index (Phi) is 5.98. The van der Waals surface area contributed by atoms with Gasteiger partial charge in [-0.05, 0) is 42.5 Å². The van der Waals surface area contributed by atoms with E-state index in [9.17, 15) is 9.59 Å². The summed E-state index contributed by atoms with van der Waals surface area (Å²) in [5.41, 5.74) is 1.51. The number of thiophene rings is 1. The van der Waals surface area contributed by atoms with Crippen LogP contribution in [0.1, 0.15) is 16.9 Å². The molecule has 4 nitrogen and oxygen atoms in total. The highest BCUT2D eigenvalue weighted by Crippen LogP contribution is 2.20. The van der Waals surface area contributed by atoms with E-state index in [2.05, 4.69) is 5.32 Å². The molecule has 2 rings (SSSR count). The quantitative estimate of drug-likeness (QED) is 0.815. The third kappa shape index (κ3) is 5.16. The minimum absolute atomic E-state index is 0.268. The molecule has 2 aromatic rings. The van der Waals surface area contributed by atoms with Gasteiger partial charge in [-0.1, -0.05) is 23.7 Å². The number of nitrogens with one attached hydrogen (secondary N) is 1. The van der Waals surface area contributed by atoms with Gasteiger partial charge in [-0.2, -0.15) is 0 Å². The monoisotopic (exact) mass is 337 g/mol. The van der Waals surface area contributed by atoms with E-state index in [1.807, 2.05) is 30.5 Å². The Morgan fingerprint density at radius 3 is 2.86 bits per heavy atom. The zero-order valence-corrected chi connectivity index (χ0v) is 13.7. The van der Waals surface area contributed by atoms with Crippen molar-refractivity contribution in [1.82, 2.24) is 0 Å². The first kappa shape index (κ1) is 16.5. The molecule has 0 unspecified atom stereocenters. The maximum atomic E-state index is 11.8. The van der Waals surface area contributed by atoms with Crippen molar-refractivity contribution >= 4 is 40.5 Å². The van der Waals surface area contributed by atoms with Crippen LogP contribution in [0.2, 0.25) is 5.02 Å². The van der Waals surface area contributed by atoms with Gasteiger partial charge in [0, 0.05) is 15.6 Å². The average Bonchev–Trinajstić information content (AvgIpc) is 3.00. The Labute approximate surface area is 138 Å². The van der Waals surface area contributed by atoms with Crippen molar-refractivity contribution in [2.24, 2.45) is 0 Å². The number of anilines is 1. The molecule has 0 atom stereocenters. The van der Waals surface area contributed by atoms with Crippen LogP contribution in [-0.2, 0) is 20.7 Å². The molecular formula is C16H16ClNO3S. The second-order valence-electron chi connectivity index (χ2n) is 4.75. The molecule has 0 saturated heterocycles. The highest BCUT2D eigenvalue weighted by Gasteiger charge is 2.10. The zero-order valence-electron chi connectivity index (χ0n) is 12.1. The lowest BCUT2D eigenvalue weighted by molar-refractivity contribution is -0.147. The van der Waals surface area contributed by atoms with Crippen molar-refractivity contribution in [2.45, 2.75) is 19.8 Å². The van der Waals surface area contributed by atoms with Crippen molar-refractivity contribution in [3.05, 3.63) is 51.2 Å². The molecule has 1 aromatic heterocycles. The Morgan fingerprint density at radius 2 is 2.14 bits per heavy atom. The number of amides is 1. The summed E-state index contributed by atoms with van der Waals surface area (Å²) in [5.74, 6) is -0.763. The Bertz CT molecular complexity index is 655. The van der Waals surface area contributed by atoms with E-state index in [1.165, 1.54) is 0 Å². The number of benzene rings is 1. The molecule has 6 heteroatoms. The van der Waals surface area contributed by atoms with Crippen LogP contribution in [-0.4, -0.2) is 18.5 Å². The molecule has 0 aliphatic carbocycles. The standard InChI is InChI=1S/C16H16ClNO3S/c1-11-4-5-12(17)9-14(11)18-15(19)10-21-16(20)7-6-13-3-2-8-22-13/h2-5,8-9H,6-7,10H2,1H3,(H,18,19). The number of hydrogen-bond acceptors (Lipinski definition) is 4. The number of esters is 1. The van der Waals surface area contributed by atoms with Crippen molar-refractivity contribution in [1.29, 1.82) is 0 Å². The molecule has 0 spiro atoms. The minimum atomic E-state index is -0.383. The third-order valence-electron chi connectivity index (χ3n) is 2.99. The van der Waals surface area contributed by atoms with Crippen LogP contribution in [0.4, 0.5) is 5.69 Å². The SMILES string of the molecule is Cc1ccc(Cl)cc1NC(=O)COC(=O)CCc1cccs1. The van der Waals surface area contributed by atoms with Crippen LogP contribution >= 0.6 is 22.9 Å². The van der Waals surface area contributed by atoms with E-state index in [4.69, 9.17) is 16.3 Å². The molecule has 1 amide bonds. The van der Waals surface area contributed by atoms with Crippen LogP contribution in [0.5, 0.6) is 0 Å². The fourth-order valence-corrected chi connectivity index (χ4v) is 2.69. The number of halogens is 1. The summed E-state index contributed by atoms with van der Waals surface area (Å²) in [6.45, 7) is 1.56. The fraction of sp³-hybridized carbons (Fsp3) is 0.250. The van der Waals surface area contributed by atoms with E-state index in [0.29, 0.717) is 17.1 Å². The molecule has 0 bridgehead atoms. The van der Waals surface area contributed by atoms with Gasteiger partial charge in [0.15, 0.2) is 6.61 Å². The molecule has 0 saturated carbocycles. The summed E-state index contributed by atoms with van der Waals surface area (Å²) < 4.78 is 4.97. The summed E-state index contributed by atoms with van der Waals surface area (Å²) in [4.78, 5) is 24.5. The van der Waals surface area contributed by atoms with E-state index >= 15 is 0 Å². The van der Waals surface area contributed by atoms with Gasteiger partial charge in [0.25, 0.3) is 5.91 Å². The molecule has 116 valence electrons. The van der Waals surface area contributed by atoms with Crippen LogP contribution in [0.25, 0.3) is 0 Å². The second-order valence-corrected chi connectivity index (χ2v) is 6.22. The first-order valence-electron chi connectivity index (χ1n) is 6.78. The van der Waals surface area contributed by atoms with Crippen LogP contribution in [0.15, 0.2) is 35.7 Å². The number of ether oxygens (including phenoxy) is 1. The molecular weight excluding hydrogens is 322 g/mol.